The number of hydrogen-bond acceptors (Lipinski definition) is 3. The maximum absolute atomic E-state index is 12.9. The van der Waals surface area contributed by atoms with Gasteiger partial charge in [0.05, 0.1) is 5.56 Å². The van der Waals surface area contributed by atoms with E-state index in [0.29, 0.717) is 0 Å². The largest absolute Gasteiger partial charge is 0.480 e. The molecule has 136 valence electrons. The van der Waals surface area contributed by atoms with Crippen LogP contribution >= 0.6 is 12.4 Å². The number of halogens is 4. The molecule has 1 atom stereocenters. The summed E-state index contributed by atoms with van der Waals surface area (Å²) in [4.78, 5) is 12.1. The van der Waals surface area contributed by atoms with E-state index in [1.54, 1.807) is 0 Å². The highest BCUT2D eigenvalue weighted by atomic mass is 35.5. The highest BCUT2D eigenvalue weighted by Gasteiger charge is 2.35. The van der Waals surface area contributed by atoms with Crippen LogP contribution in [0.1, 0.15) is 38.2 Å². The van der Waals surface area contributed by atoms with Crippen LogP contribution < -0.4 is 15.8 Å². The van der Waals surface area contributed by atoms with Crippen LogP contribution in [0.2, 0.25) is 0 Å². The third-order valence-corrected chi connectivity index (χ3v) is 3.98. The fourth-order valence-corrected chi connectivity index (χ4v) is 2.63. The van der Waals surface area contributed by atoms with Crippen LogP contribution in [-0.2, 0) is 11.0 Å². The fraction of sp³-hybridized carbons (Fsp3) is 0.562. The predicted molar refractivity (Wildman–Crippen MR) is 87.2 cm³/mol. The molecule has 1 aromatic rings. The molecule has 0 aromatic heterocycles. The topological polar surface area (TPSA) is 64.3 Å². The molecule has 0 heterocycles. The first-order valence-electron chi connectivity index (χ1n) is 7.66. The van der Waals surface area contributed by atoms with Crippen molar-refractivity contribution in [1.82, 2.24) is 5.32 Å². The van der Waals surface area contributed by atoms with Crippen molar-refractivity contribution in [3.8, 4) is 5.75 Å². The molecule has 4 nitrogen and oxygen atoms in total. The lowest BCUT2D eigenvalue weighted by molar-refractivity contribution is -0.140. The summed E-state index contributed by atoms with van der Waals surface area (Å²) in [5, 5.41) is 2.82. The Hall–Kier alpha value is -1.47. The van der Waals surface area contributed by atoms with Crippen LogP contribution in [-0.4, -0.2) is 24.1 Å². The minimum absolute atomic E-state index is 0. The van der Waals surface area contributed by atoms with Gasteiger partial charge in [-0.15, -0.1) is 12.4 Å². The first kappa shape index (κ1) is 20.6. The summed E-state index contributed by atoms with van der Waals surface area (Å²) in [5.41, 5.74) is 4.92. The molecule has 0 bridgehead atoms. The number of rotatable bonds is 4. The molecule has 1 unspecified atom stereocenters. The zero-order valence-corrected chi connectivity index (χ0v) is 14.1. The predicted octanol–water partition coefficient (Wildman–Crippen LogP) is 3.28. The third kappa shape index (κ3) is 5.56. The van der Waals surface area contributed by atoms with Crippen LogP contribution in [0, 0.1) is 0 Å². The smallest absolute Gasteiger partial charge is 0.419 e. The van der Waals surface area contributed by atoms with Gasteiger partial charge in [-0.25, -0.2) is 0 Å². The van der Waals surface area contributed by atoms with Gasteiger partial charge in [-0.2, -0.15) is 13.2 Å². The Kier molecular flexibility index (Phi) is 7.35. The number of carbonyl (C=O) groups excluding carboxylic acids is 1. The second-order valence-corrected chi connectivity index (χ2v) is 5.87. The van der Waals surface area contributed by atoms with Crippen LogP contribution in [0.25, 0.3) is 0 Å². The van der Waals surface area contributed by atoms with Gasteiger partial charge in [-0.05, 0) is 44.7 Å². The normalized spacial score (nSPS) is 22.2. The Bertz CT molecular complexity index is 546. The lowest BCUT2D eigenvalue weighted by atomic mass is 9.92. The first-order valence-corrected chi connectivity index (χ1v) is 7.66. The molecular weight excluding hydrogens is 345 g/mol. The summed E-state index contributed by atoms with van der Waals surface area (Å²) < 4.78 is 44.0. The van der Waals surface area contributed by atoms with Gasteiger partial charge >= 0.3 is 6.18 Å². The number of carbonyl (C=O) groups is 1. The summed E-state index contributed by atoms with van der Waals surface area (Å²) in [6.07, 6.45) is -2.31. The van der Waals surface area contributed by atoms with Crippen molar-refractivity contribution >= 4 is 18.3 Å². The van der Waals surface area contributed by atoms with Crippen molar-refractivity contribution in [2.45, 2.75) is 57.0 Å². The molecule has 0 radical (unpaired) electrons. The van der Waals surface area contributed by atoms with Crippen LogP contribution in [0.4, 0.5) is 13.2 Å². The molecule has 1 aliphatic carbocycles. The van der Waals surface area contributed by atoms with E-state index in [2.05, 4.69) is 5.32 Å². The van der Waals surface area contributed by atoms with E-state index in [-0.39, 0.29) is 30.2 Å². The molecule has 1 amide bonds. The second kappa shape index (κ2) is 8.58. The maximum atomic E-state index is 12.9. The summed E-state index contributed by atoms with van der Waals surface area (Å²) in [6, 6.07) is 5.04. The summed E-state index contributed by atoms with van der Waals surface area (Å²) in [6.45, 7) is 1.44. The molecule has 1 fully saturated rings. The highest BCUT2D eigenvalue weighted by molar-refractivity contribution is 5.85. The fourth-order valence-electron chi connectivity index (χ4n) is 2.63. The van der Waals surface area contributed by atoms with E-state index in [9.17, 15) is 18.0 Å². The number of para-hydroxylation sites is 1. The lowest BCUT2D eigenvalue weighted by Crippen LogP contribution is -2.45. The van der Waals surface area contributed by atoms with Gasteiger partial charge in [-0.1, -0.05) is 12.1 Å². The Balaban J connectivity index is 0.00000288. The Morgan fingerprint density at radius 2 is 1.83 bits per heavy atom. The SMILES string of the molecule is CC(Oc1ccccc1C(F)(F)F)C(=O)NC1CCC(N)CC1.Cl. The zero-order chi connectivity index (χ0) is 17.0. The van der Waals surface area contributed by atoms with Gasteiger partial charge in [0.2, 0.25) is 0 Å². The Morgan fingerprint density at radius 3 is 2.42 bits per heavy atom. The van der Waals surface area contributed by atoms with Crippen LogP contribution in [0.5, 0.6) is 5.75 Å². The molecule has 1 aromatic carbocycles. The molecule has 24 heavy (non-hydrogen) atoms. The number of nitrogens with two attached hydrogens (primary N) is 1. The van der Waals surface area contributed by atoms with Crippen molar-refractivity contribution < 1.29 is 22.7 Å². The number of nitrogens with one attached hydrogen (secondary N) is 1. The van der Waals surface area contributed by atoms with E-state index in [4.69, 9.17) is 10.5 Å². The monoisotopic (exact) mass is 366 g/mol. The number of benzene rings is 1. The minimum Gasteiger partial charge on any atom is -0.480 e. The third-order valence-electron chi connectivity index (χ3n) is 3.98. The second-order valence-electron chi connectivity index (χ2n) is 5.87. The standard InChI is InChI=1S/C16H21F3N2O2.ClH/c1-10(15(22)21-12-8-6-11(20)7-9-12)23-14-5-3-2-4-13(14)16(17,18)19;/h2-5,10-12H,6-9,20H2,1H3,(H,21,22);1H. The number of alkyl halides is 3. The van der Waals surface area contributed by atoms with Crippen molar-refractivity contribution in [2.75, 3.05) is 0 Å². The summed E-state index contributed by atoms with van der Waals surface area (Å²) >= 11 is 0. The molecule has 3 N–H and O–H groups in total. The Labute approximate surface area is 145 Å². The number of amides is 1. The molecule has 8 heteroatoms. The van der Waals surface area contributed by atoms with Crippen LogP contribution in [0.3, 0.4) is 0 Å². The van der Waals surface area contributed by atoms with Gasteiger partial charge in [0.25, 0.3) is 5.91 Å². The molecule has 0 spiro atoms. The highest BCUT2D eigenvalue weighted by Crippen LogP contribution is 2.36. The van der Waals surface area contributed by atoms with Gasteiger partial charge < -0.3 is 15.8 Å². The zero-order valence-electron chi connectivity index (χ0n) is 13.3. The van der Waals surface area contributed by atoms with Crippen molar-refractivity contribution in [1.29, 1.82) is 0 Å². The van der Waals surface area contributed by atoms with E-state index in [0.717, 1.165) is 31.7 Å². The van der Waals surface area contributed by atoms with Crippen molar-refractivity contribution in [3.63, 3.8) is 0 Å². The van der Waals surface area contributed by atoms with E-state index >= 15 is 0 Å². The van der Waals surface area contributed by atoms with Gasteiger partial charge in [0, 0.05) is 12.1 Å². The number of hydrogen-bond donors (Lipinski definition) is 2. The lowest BCUT2D eigenvalue weighted by Gasteiger charge is -2.28. The molecule has 1 aliphatic rings. The molecule has 0 saturated heterocycles. The van der Waals surface area contributed by atoms with Gasteiger partial charge in [0.1, 0.15) is 5.75 Å². The molecule has 2 rings (SSSR count). The Morgan fingerprint density at radius 1 is 1.25 bits per heavy atom. The van der Waals surface area contributed by atoms with Crippen molar-refractivity contribution in [3.05, 3.63) is 29.8 Å². The van der Waals surface area contributed by atoms with E-state index < -0.39 is 23.8 Å². The quantitative estimate of drug-likeness (QED) is 0.859. The van der Waals surface area contributed by atoms with Crippen molar-refractivity contribution in [2.24, 2.45) is 5.73 Å². The van der Waals surface area contributed by atoms with Gasteiger partial charge in [0.15, 0.2) is 6.10 Å². The average molecular weight is 367 g/mol. The summed E-state index contributed by atoms with van der Waals surface area (Å²) in [5.74, 6) is -0.754. The molecular formula is C16H22ClF3N2O2. The molecule has 0 aliphatic heterocycles. The molecule has 1 saturated carbocycles. The summed E-state index contributed by atoms with van der Waals surface area (Å²) in [7, 11) is 0. The first-order chi connectivity index (χ1) is 10.8. The maximum Gasteiger partial charge on any atom is 0.419 e. The van der Waals surface area contributed by atoms with E-state index in [1.165, 1.54) is 25.1 Å². The average Bonchev–Trinajstić information content (AvgIpc) is 2.49. The van der Waals surface area contributed by atoms with Gasteiger partial charge in [-0.3, -0.25) is 4.79 Å². The minimum atomic E-state index is -4.52. The number of ether oxygens (including phenoxy) is 1. The van der Waals surface area contributed by atoms with E-state index in [1.807, 2.05) is 0 Å². The van der Waals surface area contributed by atoms with Crippen LogP contribution in [0.15, 0.2) is 24.3 Å².